The maximum Gasteiger partial charge on any atom is 0.338 e. The van der Waals surface area contributed by atoms with Gasteiger partial charge in [0, 0.05) is 12.0 Å². The normalized spacial score (nSPS) is 10.2. The Morgan fingerprint density at radius 2 is 1.74 bits per heavy atom. The van der Waals surface area contributed by atoms with Crippen LogP contribution in [0.5, 0.6) is 5.75 Å². The van der Waals surface area contributed by atoms with Crippen LogP contribution in [-0.4, -0.2) is 29.1 Å². The predicted octanol–water partition coefficient (Wildman–Crippen LogP) is 2.97. The van der Waals surface area contributed by atoms with Crippen molar-refractivity contribution in [3.05, 3.63) is 42.0 Å². The van der Waals surface area contributed by atoms with Crippen LogP contribution in [0.25, 0.3) is 0 Å². The molecule has 0 fully saturated rings. The second kappa shape index (κ2) is 8.73. The summed E-state index contributed by atoms with van der Waals surface area (Å²) in [6.07, 6.45) is 0.455. The molecule has 0 bridgehead atoms. The fraction of sp³-hybridized carbons (Fsp3) is 0.353. The van der Waals surface area contributed by atoms with Crippen molar-refractivity contribution in [3.63, 3.8) is 0 Å². The molecule has 1 rings (SSSR count). The molecule has 0 aromatic heterocycles. The lowest BCUT2D eigenvalue weighted by molar-refractivity contribution is -0.135. The summed E-state index contributed by atoms with van der Waals surface area (Å²) in [7, 11) is 0. The third-order valence-electron chi connectivity index (χ3n) is 2.83. The fourth-order valence-electron chi connectivity index (χ4n) is 1.68. The van der Waals surface area contributed by atoms with Gasteiger partial charge in [-0.15, -0.1) is 0 Å². The first-order valence-corrected chi connectivity index (χ1v) is 7.22. The number of benzene rings is 1. The van der Waals surface area contributed by atoms with E-state index in [1.165, 1.54) is 24.3 Å². The Balaban J connectivity index is 2.45. The van der Waals surface area contributed by atoms with Gasteiger partial charge in [0.1, 0.15) is 5.75 Å². The molecule has 124 valence electrons. The summed E-state index contributed by atoms with van der Waals surface area (Å²) in [4.78, 5) is 33.9. The van der Waals surface area contributed by atoms with Crippen molar-refractivity contribution in [2.24, 2.45) is 0 Å². The van der Waals surface area contributed by atoms with E-state index in [2.05, 4.69) is 6.58 Å². The molecule has 0 saturated heterocycles. The van der Waals surface area contributed by atoms with Crippen LogP contribution in [0.2, 0.25) is 0 Å². The van der Waals surface area contributed by atoms with Crippen molar-refractivity contribution in [2.75, 3.05) is 0 Å². The number of carbonyl (C=O) groups is 3. The fourth-order valence-corrected chi connectivity index (χ4v) is 1.68. The Morgan fingerprint density at radius 3 is 2.26 bits per heavy atom. The predicted molar refractivity (Wildman–Crippen MR) is 83.3 cm³/mol. The first-order chi connectivity index (χ1) is 10.8. The molecule has 1 N–H and O–H groups in total. The number of hydrogen-bond donors (Lipinski definition) is 1. The van der Waals surface area contributed by atoms with E-state index in [4.69, 9.17) is 14.6 Å². The molecular formula is C17H20O6. The van der Waals surface area contributed by atoms with Gasteiger partial charge < -0.3 is 14.6 Å². The number of carboxylic acid groups (broad SMARTS) is 1. The SMILES string of the molecule is C=C(CCCC(=O)Oc1ccc(C(=O)OC(C)C)cc1)C(=O)O. The molecular weight excluding hydrogens is 300 g/mol. The maximum atomic E-state index is 11.7. The van der Waals surface area contributed by atoms with Gasteiger partial charge in [-0.25, -0.2) is 9.59 Å². The van der Waals surface area contributed by atoms with Gasteiger partial charge in [-0.2, -0.15) is 0 Å². The van der Waals surface area contributed by atoms with Gasteiger partial charge >= 0.3 is 17.9 Å². The van der Waals surface area contributed by atoms with Gasteiger partial charge in [0.25, 0.3) is 0 Å². The van der Waals surface area contributed by atoms with E-state index >= 15 is 0 Å². The van der Waals surface area contributed by atoms with Gasteiger partial charge in [0.2, 0.25) is 0 Å². The van der Waals surface area contributed by atoms with Crippen molar-refractivity contribution in [1.29, 1.82) is 0 Å². The second-order valence-electron chi connectivity index (χ2n) is 5.21. The first kappa shape index (κ1) is 18.4. The van der Waals surface area contributed by atoms with E-state index in [0.717, 1.165) is 0 Å². The molecule has 0 radical (unpaired) electrons. The highest BCUT2D eigenvalue weighted by Gasteiger charge is 2.11. The van der Waals surface area contributed by atoms with Crippen LogP contribution in [-0.2, 0) is 14.3 Å². The standard InChI is InChI=1S/C17H20O6/c1-11(2)22-17(21)13-7-9-14(10-8-13)23-15(18)6-4-5-12(3)16(19)20/h7-11H,3-6H2,1-2H3,(H,19,20). The summed E-state index contributed by atoms with van der Waals surface area (Å²) < 4.78 is 10.2. The molecule has 0 saturated carbocycles. The van der Waals surface area contributed by atoms with Crippen LogP contribution >= 0.6 is 0 Å². The van der Waals surface area contributed by atoms with Crippen LogP contribution in [0, 0.1) is 0 Å². The molecule has 1 aromatic rings. The van der Waals surface area contributed by atoms with Crippen molar-refractivity contribution < 1.29 is 29.0 Å². The molecule has 0 atom stereocenters. The van der Waals surface area contributed by atoms with E-state index in [0.29, 0.717) is 17.7 Å². The largest absolute Gasteiger partial charge is 0.478 e. The third-order valence-corrected chi connectivity index (χ3v) is 2.83. The zero-order valence-electron chi connectivity index (χ0n) is 13.2. The zero-order valence-corrected chi connectivity index (χ0v) is 13.2. The highest BCUT2D eigenvalue weighted by molar-refractivity contribution is 5.89. The zero-order chi connectivity index (χ0) is 17.4. The van der Waals surface area contributed by atoms with Gasteiger partial charge in [-0.3, -0.25) is 4.79 Å². The van der Waals surface area contributed by atoms with E-state index in [1.807, 2.05) is 0 Å². The number of carboxylic acids is 1. The van der Waals surface area contributed by atoms with E-state index < -0.39 is 17.9 Å². The average molecular weight is 320 g/mol. The first-order valence-electron chi connectivity index (χ1n) is 7.22. The molecule has 0 aliphatic carbocycles. The molecule has 23 heavy (non-hydrogen) atoms. The van der Waals surface area contributed by atoms with Crippen LogP contribution in [0.15, 0.2) is 36.4 Å². The smallest absolute Gasteiger partial charge is 0.338 e. The number of rotatable bonds is 8. The van der Waals surface area contributed by atoms with E-state index in [9.17, 15) is 14.4 Å². The van der Waals surface area contributed by atoms with Gasteiger partial charge in [0.15, 0.2) is 0 Å². The highest BCUT2D eigenvalue weighted by atomic mass is 16.5. The quantitative estimate of drug-likeness (QED) is 0.450. The van der Waals surface area contributed by atoms with Crippen molar-refractivity contribution >= 4 is 17.9 Å². The van der Waals surface area contributed by atoms with E-state index in [-0.39, 0.29) is 24.5 Å². The lowest BCUT2D eigenvalue weighted by Crippen LogP contribution is -2.12. The molecule has 0 aliphatic heterocycles. The van der Waals surface area contributed by atoms with Crippen molar-refractivity contribution in [2.45, 2.75) is 39.2 Å². The summed E-state index contributed by atoms with van der Waals surface area (Å²) in [5, 5.41) is 8.65. The van der Waals surface area contributed by atoms with Crippen LogP contribution in [0.4, 0.5) is 0 Å². The summed E-state index contributed by atoms with van der Waals surface area (Å²) in [6, 6.07) is 6.04. The van der Waals surface area contributed by atoms with Crippen LogP contribution < -0.4 is 4.74 Å². The van der Waals surface area contributed by atoms with Crippen LogP contribution in [0.3, 0.4) is 0 Å². The molecule has 6 nitrogen and oxygen atoms in total. The van der Waals surface area contributed by atoms with Gasteiger partial charge in [0.05, 0.1) is 11.7 Å². The van der Waals surface area contributed by atoms with Crippen LogP contribution in [0.1, 0.15) is 43.5 Å². The monoisotopic (exact) mass is 320 g/mol. The summed E-state index contributed by atoms with van der Waals surface area (Å²) in [5.74, 6) is -1.67. The average Bonchev–Trinajstić information content (AvgIpc) is 2.46. The Morgan fingerprint density at radius 1 is 1.13 bits per heavy atom. The minimum atomic E-state index is -1.07. The minimum Gasteiger partial charge on any atom is -0.478 e. The summed E-state index contributed by atoms with van der Waals surface area (Å²) in [5.41, 5.74) is 0.432. The highest BCUT2D eigenvalue weighted by Crippen LogP contribution is 2.15. The second-order valence-corrected chi connectivity index (χ2v) is 5.21. The van der Waals surface area contributed by atoms with Gasteiger partial charge in [-0.05, 0) is 51.0 Å². The lowest BCUT2D eigenvalue weighted by Gasteiger charge is -2.08. The minimum absolute atomic E-state index is 0.0609. The van der Waals surface area contributed by atoms with Gasteiger partial charge in [-0.1, -0.05) is 6.58 Å². The van der Waals surface area contributed by atoms with Crippen molar-refractivity contribution in [3.8, 4) is 5.75 Å². The molecule has 0 spiro atoms. The summed E-state index contributed by atoms with van der Waals surface area (Å²) in [6.45, 7) is 6.90. The molecule has 1 aromatic carbocycles. The topological polar surface area (TPSA) is 89.9 Å². The Hall–Kier alpha value is -2.63. The molecule has 6 heteroatoms. The Kier molecular flexibility index (Phi) is 6.99. The third kappa shape index (κ3) is 6.78. The molecule has 0 amide bonds. The summed E-state index contributed by atoms with van der Waals surface area (Å²) >= 11 is 0. The molecule has 0 unspecified atom stereocenters. The van der Waals surface area contributed by atoms with Crippen molar-refractivity contribution in [1.82, 2.24) is 0 Å². The maximum absolute atomic E-state index is 11.7. The van der Waals surface area contributed by atoms with E-state index in [1.54, 1.807) is 13.8 Å². The lowest BCUT2D eigenvalue weighted by atomic mass is 10.1. The Bertz CT molecular complexity index is 586. The molecule has 0 heterocycles. The number of ether oxygens (including phenoxy) is 2. The number of esters is 2. The number of aliphatic carboxylic acids is 1. The number of hydrogen-bond acceptors (Lipinski definition) is 5. The Labute approximate surface area is 134 Å². The number of carbonyl (C=O) groups excluding carboxylic acids is 2. The molecule has 0 aliphatic rings.